The van der Waals surface area contributed by atoms with Crippen molar-refractivity contribution in [3.05, 3.63) is 53.7 Å². The number of carbonyl (C=O) groups excluding carboxylic acids is 1. The number of para-hydroxylation sites is 1. The summed E-state index contributed by atoms with van der Waals surface area (Å²) in [4.78, 5) is 20.8. The minimum atomic E-state index is -0.509. The number of benzene rings is 1. The molecule has 2 bridgehead atoms. The number of ether oxygens (including phenoxy) is 4. The van der Waals surface area contributed by atoms with Crippen molar-refractivity contribution in [3.8, 4) is 22.8 Å². The molecule has 0 spiro atoms. The van der Waals surface area contributed by atoms with Crippen molar-refractivity contribution in [3.63, 3.8) is 0 Å². The summed E-state index contributed by atoms with van der Waals surface area (Å²) in [5, 5.41) is 6.25. The summed E-state index contributed by atoms with van der Waals surface area (Å²) >= 11 is 0. The van der Waals surface area contributed by atoms with Gasteiger partial charge in [0.25, 0.3) is 5.91 Å². The minimum absolute atomic E-state index is 0.00339. The van der Waals surface area contributed by atoms with Crippen LogP contribution in [0.1, 0.15) is 28.4 Å². The zero-order valence-electron chi connectivity index (χ0n) is 19.4. The fourth-order valence-electron chi connectivity index (χ4n) is 4.45. The fourth-order valence-corrected chi connectivity index (χ4v) is 4.45. The number of nitrogens with zero attached hydrogens (tertiary/aromatic N) is 1. The highest BCUT2D eigenvalue weighted by Crippen LogP contribution is 2.44. The second kappa shape index (κ2) is 10.3. The topological polar surface area (TPSA) is 107 Å². The Morgan fingerprint density at radius 3 is 2.83 bits per heavy atom. The molecule has 184 valence electrons. The Hall–Kier alpha value is -3.63. The molecular weight excluding hydrogens is 455 g/mol. The van der Waals surface area contributed by atoms with Crippen LogP contribution in [0.5, 0.6) is 11.5 Å². The molecule has 0 radical (unpaired) electrons. The van der Waals surface area contributed by atoms with Crippen molar-refractivity contribution in [2.24, 2.45) is 0 Å². The maximum atomic E-state index is 14.5. The van der Waals surface area contributed by atoms with Gasteiger partial charge in [-0.3, -0.25) is 9.78 Å². The Morgan fingerprint density at radius 1 is 1.14 bits per heavy atom. The molecule has 1 atom stereocenters. The van der Waals surface area contributed by atoms with Gasteiger partial charge in [-0.2, -0.15) is 0 Å². The summed E-state index contributed by atoms with van der Waals surface area (Å²) < 4.78 is 37.1. The lowest BCUT2D eigenvalue weighted by Gasteiger charge is -2.24. The van der Waals surface area contributed by atoms with Gasteiger partial charge in [0.15, 0.2) is 11.6 Å². The molecule has 0 saturated carbocycles. The highest BCUT2D eigenvalue weighted by atomic mass is 19.1. The van der Waals surface area contributed by atoms with E-state index in [0.29, 0.717) is 79.9 Å². The quantitative estimate of drug-likeness (QED) is 0.524. The van der Waals surface area contributed by atoms with E-state index in [1.165, 1.54) is 13.2 Å². The molecule has 1 amide bonds. The number of pyridine rings is 1. The van der Waals surface area contributed by atoms with Gasteiger partial charge in [0.05, 0.1) is 55.8 Å². The average Bonchev–Trinajstić information content (AvgIpc) is 3.24. The Balaban J connectivity index is 1.67. The molecule has 3 aromatic rings. The van der Waals surface area contributed by atoms with Crippen molar-refractivity contribution in [1.29, 1.82) is 0 Å². The van der Waals surface area contributed by atoms with E-state index in [-0.39, 0.29) is 17.6 Å². The van der Waals surface area contributed by atoms with Gasteiger partial charge in [-0.1, -0.05) is 6.07 Å². The monoisotopic (exact) mass is 482 g/mol. The van der Waals surface area contributed by atoms with E-state index in [1.807, 2.05) is 6.07 Å². The van der Waals surface area contributed by atoms with Crippen LogP contribution in [-0.2, 0) is 9.47 Å². The van der Waals surface area contributed by atoms with Gasteiger partial charge < -0.3 is 34.6 Å². The number of hydrogen-bond donors (Lipinski definition) is 3. The SMILES string of the molecule is COc1c(F)cccc1Nc1c2[nH]c3c1C(=O)NCC3CCOCCOCCOc1cnccc1-2. The van der Waals surface area contributed by atoms with Crippen LogP contribution in [0, 0.1) is 5.82 Å². The number of fused-ring (bicyclic) bond motifs is 3. The molecular formula is C25H27FN4O5. The predicted octanol–water partition coefficient (Wildman–Crippen LogP) is 3.61. The first-order valence-corrected chi connectivity index (χ1v) is 11.5. The van der Waals surface area contributed by atoms with E-state index in [1.54, 1.807) is 24.5 Å². The van der Waals surface area contributed by atoms with Gasteiger partial charge in [-0.15, -0.1) is 0 Å². The molecule has 1 unspecified atom stereocenters. The Labute approximate surface area is 201 Å². The van der Waals surface area contributed by atoms with E-state index in [2.05, 4.69) is 20.6 Å². The summed E-state index contributed by atoms with van der Waals surface area (Å²) in [6.07, 6.45) is 3.99. The third kappa shape index (κ3) is 4.67. The smallest absolute Gasteiger partial charge is 0.255 e. The molecule has 35 heavy (non-hydrogen) atoms. The van der Waals surface area contributed by atoms with Crippen LogP contribution in [-0.4, -0.2) is 62.6 Å². The Morgan fingerprint density at radius 2 is 1.97 bits per heavy atom. The Kier molecular flexibility index (Phi) is 6.82. The molecule has 4 heterocycles. The molecule has 5 rings (SSSR count). The lowest BCUT2D eigenvalue weighted by atomic mass is 9.93. The van der Waals surface area contributed by atoms with Crippen molar-refractivity contribution in [1.82, 2.24) is 15.3 Å². The van der Waals surface area contributed by atoms with Gasteiger partial charge in [0, 0.05) is 36.5 Å². The molecule has 0 fully saturated rings. The van der Waals surface area contributed by atoms with Gasteiger partial charge in [0.1, 0.15) is 12.4 Å². The molecule has 10 heteroatoms. The maximum absolute atomic E-state index is 14.5. The summed E-state index contributed by atoms with van der Waals surface area (Å²) in [5.74, 6) is -0.135. The third-order valence-electron chi connectivity index (χ3n) is 6.13. The highest BCUT2D eigenvalue weighted by molar-refractivity contribution is 6.07. The number of hydrogen-bond acceptors (Lipinski definition) is 7. The van der Waals surface area contributed by atoms with Crippen molar-refractivity contribution >= 4 is 17.3 Å². The molecule has 0 saturated heterocycles. The summed E-state index contributed by atoms with van der Waals surface area (Å²) in [7, 11) is 1.40. The summed E-state index contributed by atoms with van der Waals surface area (Å²) in [5.41, 5.74) is 3.52. The largest absolute Gasteiger partial charge is 0.492 e. The van der Waals surface area contributed by atoms with Crippen molar-refractivity contribution in [2.75, 3.05) is 52.0 Å². The number of aromatic amines is 1. The molecule has 2 aliphatic rings. The third-order valence-corrected chi connectivity index (χ3v) is 6.13. The van der Waals surface area contributed by atoms with E-state index >= 15 is 0 Å². The average molecular weight is 483 g/mol. The summed E-state index contributed by atoms with van der Waals surface area (Å²) in [6, 6.07) is 6.42. The van der Waals surface area contributed by atoms with Crippen LogP contribution < -0.4 is 20.1 Å². The predicted molar refractivity (Wildman–Crippen MR) is 127 cm³/mol. The number of rotatable bonds is 3. The van der Waals surface area contributed by atoms with Gasteiger partial charge in [-0.25, -0.2) is 4.39 Å². The first-order valence-electron chi connectivity index (χ1n) is 11.5. The number of methoxy groups -OCH3 is 1. The lowest BCUT2D eigenvalue weighted by Crippen LogP contribution is -2.35. The number of carbonyl (C=O) groups is 1. The van der Waals surface area contributed by atoms with E-state index < -0.39 is 5.82 Å². The molecule has 9 nitrogen and oxygen atoms in total. The molecule has 2 aliphatic heterocycles. The first-order chi connectivity index (χ1) is 17.2. The number of nitrogens with one attached hydrogen (secondary N) is 3. The van der Waals surface area contributed by atoms with Gasteiger partial charge in [0.2, 0.25) is 0 Å². The number of halogens is 1. The maximum Gasteiger partial charge on any atom is 0.255 e. The molecule has 3 N–H and O–H groups in total. The molecule has 1 aromatic carbocycles. The zero-order chi connectivity index (χ0) is 24.2. The van der Waals surface area contributed by atoms with Crippen LogP contribution in [0.15, 0.2) is 36.7 Å². The van der Waals surface area contributed by atoms with Crippen LogP contribution in [0.4, 0.5) is 15.8 Å². The van der Waals surface area contributed by atoms with Gasteiger partial charge in [-0.05, 0) is 24.6 Å². The van der Waals surface area contributed by atoms with Crippen LogP contribution >= 0.6 is 0 Å². The minimum Gasteiger partial charge on any atom is -0.492 e. The van der Waals surface area contributed by atoms with Crippen LogP contribution in [0.2, 0.25) is 0 Å². The summed E-state index contributed by atoms with van der Waals surface area (Å²) in [6.45, 7) is 2.68. The highest BCUT2D eigenvalue weighted by Gasteiger charge is 2.33. The van der Waals surface area contributed by atoms with E-state index in [9.17, 15) is 9.18 Å². The van der Waals surface area contributed by atoms with Crippen molar-refractivity contribution < 1.29 is 28.1 Å². The van der Waals surface area contributed by atoms with Crippen LogP contribution in [0.3, 0.4) is 0 Å². The van der Waals surface area contributed by atoms with Crippen LogP contribution in [0.25, 0.3) is 11.3 Å². The number of anilines is 2. The zero-order valence-corrected chi connectivity index (χ0v) is 19.4. The van der Waals surface area contributed by atoms with Gasteiger partial charge >= 0.3 is 0 Å². The Bertz CT molecular complexity index is 1210. The normalized spacial score (nSPS) is 18.3. The standard InChI is InChI=1S/C25H27FN4O5/c1-32-24-17(26)3-2-4-18(24)29-23-20-21-15(13-28-25(20)31)6-8-33-9-10-34-11-12-35-19-14-27-7-5-16(19)22(23)30-21/h2-5,7,14-15,29-30H,6,8-13H2,1H3,(H,28,31). The fraction of sp³-hybridized carbons (Fsp3) is 0.360. The molecule has 0 aliphatic carbocycles. The van der Waals surface area contributed by atoms with E-state index in [4.69, 9.17) is 18.9 Å². The van der Waals surface area contributed by atoms with E-state index in [0.717, 1.165) is 5.69 Å². The van der Waals surface area contributed by atoms with Crippen molar-refractivity contribution in [2.45, 2.75) is 12.3 Å². The second-order valence-electron chi connectivity index (χ2n) is 8.25. The molecule has 2 aromatic heterocycles. The second-order valence-corrected chi connectivity index (χ2v) is 8.25. The first kappa shape index (κ1) is 23.1. The lowest BCUT2D eigenvalue weighted by molar-refractivity contribution is 0.0341. The number of aromatic nitrogens is 2. The number of H-pyrrole nitrogens is 1. The number of amides is 1.